The summed E-state index contributed by atoms with van der Waals surface area (Å²) in [4.78, 5) is 46.5. The molecule has 0 fully saturated rings. The number of halogens is 3. The molecule has 15 heteroatoms. The zero-order chi connectivity index (χ0) is 31.1. The van der Waals surface area contributed by atoms with Crippen molar-refractivity contribution < 1.29 is 32.6 Å². The molecule has 3 amide bonds. The highest BCUT2D eigenvalue weighted by Crippen LogP contribution is 2.39. The molecule has 11 nitrogen and oxygen atoms in total. The molecular weight excluding hydrogens is 589 g/mol. The predicted molar refractivity (Wildman–Crippen MR) is 156 cm³/mol. The number of urea groups is 1. The maximum absolute atomic E-state index is 13.5. The van der Waals surface area contributed by atoms with E-state index in [0.29, 0.717) is 36.2 Å². The lowest BCUT2D eigenvalue weighted by molar-refractivity contribution is -0.140. The number of hydrogen-bond acceptors (Lipinski definition) is 8. The second-order valence-electron chi connectivity index (χ2n) is 9.30. The van der Waals surface area contributed by atoms with Crippen LogP contribution in [0.25, 0.3) is 32.6 Å². The second kappa shape index (κ2) is 13.8. The number of fused-ring (bicyclic) bond motifs is 1. The summed E-state index contributed by atoms with van der Waals surface area (Å²) in [6.07, 6.45) is -1.17. The van der Waals surface area contributed by atoms with E-state index < -0.39 is 29.2 Å². The Kier molecular flexibility index (Phi) is 10.1. The summed E-state index contributed by atoms with van der Waals surface area (Å²) in [6, 6.07) is 5.76. The fourth-order valence-corrected chi connectivity index (χ4v) is 5.08. The quantitative estimate of drug-likeness (QED) is 0.198. The number of anilines is 1. The number of hydrogen-bond donors (Lipinski definition) is 4. The van der Waals surface area contributed by atoms with Crippen LogP contribution in [0, 0.1) is 0 Å². The molecule has 0 radical (unpaired) electrons. The largest absolute Gasteiger partial charge is 0.434 e. The molecule has 4 rings (SSSR count). The van der Waals surface area contributed by atoms with E-state index in [2.05, 4.69) is 25.9 Å². The molecule has 0 atom stereocenters. The molecule has 0 spiro atoms. The summed E-state index contributed by atoms with van der Waals surface area (Å²) < 4.78 is 47.1. The van der Waals surface area contributed by atoms with Gasteiger partial charge in [-0.3, -0.25) is 14.9 Å². The number of aliphatic hydroxyl groups excluding tert-OH is 1. The van der Waals surface area contributed by atoms with Crippen LogP contribution in [0.2, 0.25) is 0 Å². The van der Waals surface area contributed by atoms with Crippen molar-refractivity contribution in [2.24, 2.45) is 0 Å². The van der Waals surface area contributed by atoms with Crippen LogP contribution in [0.5, 0.6) is 0 Å². The molecule has 0 aliphatic heterocycles. The fraction of sp³-hybridized carbons (Fsp3) is 0.321. The number of methoxy groups -OCH3 is 1. The maximum Gasteiger partial charge on any atom is 0.434 e. The SMILES string of the molecule is CCCNC(=O)Nc1cc(-c2nc(C(F)(F)F)cs2)c(-c2ccc3c(c2)c(=O)c(C(=O)NCCO)cn3CCOC)cn1. The van der Waals surface area contributed by atoms with Gasteiger partial charge in [-0.25, -0.2) is 14.8 Å². The van der Waals surface area contributed by atoms with Crippen molar-refractivity contribution >= 4 is 40.0 Å². The highest BCUT2D eigenvalue weighted by molar-refractivity contribution is 7.13. The summed E-state index contributed by atoms with van der Waals surface area (Å²) >= 11 is 0.772. The number of thiazole rings is 1. The van der Waals surface area contributed by atoms with Crippen LogP contribution in [0.4, 0.5) is 23.8 Å². The molecular formula is C28H29F3N6O5S. The van der Waals surface area contributed by atoms with Crippen LogP contribution in [0.1, 0.15) is 29.4 Å². The van der Waals surface area contributed by atoms with E-state index in [1.165, 1.54) is 31.6 Å². The van der Waals surface area contributed by atoms with Gasteiger partial charge in [0.05, 0.1) is 18.7 Å². The first-order valence-corrected chi connectivity index (χ1v) is 14.1. The number of aromatic nitrogens is 3. The normalized spacial score (nSPS) is 11.5. The molecule has 4 aromatic rings. The molecule has 0 bridgehead atoms. The van der Waals surface area contributed by atoms with Crippen molar-refractivity contribution in [1.82, 2.24) is 25.2 Å². The number of nitrogens with one attached hydrogen (secondary N) is 3. The van der Waals surface area contributed by atoms with Crippen LogP contribution >= 0.6 is 11.3 Å². The molecule has 3 aromatic heterocycles. The van der Waals surface area contributed by atoms with Crippen molar-refractivity contribution in [3.63, 3.8) is 0 Å². The van der Waals surface area contributed by atoms with Crippen molar-refractivity contribution in [1.29, 1.82) is 0 Å². The summed E-state index contributed by atoms with van der Waals surface area (Å²) in [5.74, 6) is -0.583. The van der Waals surface area contributed by atoms with Crippen molar-refractivity contribution in [2.75, 3.05) is 38.7 Å². The minimum absolute atomic E-state index is 0.0245. The molecule has 0 saturated carbocycles. The van der Waals surface area contributed by atoms with Gasteiger partial charge < -0.3 is 25.0 Å². The molecule has 43 heavy (non-hydrogen) atoms. The average molecular weight is 619 g/mol. The fourth-order valence-electron chi connectivity index (χ4n) is 4.22. The van der Waals surface area contributed by atoms with Crippen LogP contribution in [0.3, 0.4) is 0 Å². The van der Waals surface area contributed by atoms with E-state index in [4.69, 9.17) is 9.84 Å². The number of rotatable bonds is 11. The standard InChI is InChI=1S/C28H29F3N6O5S/c1-3-6-33-27(41)36-23-12-17(26-35-22(15-43-26)28(29,30)31)19(13-34-23)16-4-5-21-18(11-16)24(39)20(25(40)32-7-9-38)14-37(21)8-10-42-2/h4-5,11-15,38H,3,6-10H2,1-2H3,(H,32,40)(H2,33,34,36,41). The third-order valence-electron chi connectivity index (χ3n) is 6.28. The van der Waals surface area contributed by atoms with Crippen LogP contribution in [-0.4, -0.2) is 65.0 Å². The minimum Gasteiger partial charge on any atom is -0.395 e. The lowest BCUT2D eigenvalue weighted by atomic mass is 9.99. The smallest absolute Gasteiger partial charge is 0.395 e. The van der Waals surface area contributed by atoms with Crippen molar-refractivity contribution in [3.8, 4) is 21.7 Å². The first kappa shape index (κ1) is 31.6. The predicted octanol–water partition coefficient (Wildman–Crippen LogP) is 4.11. The van der Waals surface area contributed by atoms with E-state index in [-0.39, 0.29) is 47.1 Å². The van der Waals surface area contributed by atoms with E-state index in [1.54, 1.807) is 16.7 Å². The number of alkyl halides is 3. The summed E-state index contributed by atoms with van der Waals surface area (Å²) in [5, 5.41) is 17.9. The van der Waals surface area contributed by atoms with Gasteiger partial charge in [0.15, 0.2) is 5.69 Å². The Hall–Kier alpha value is -4.34. The third kappa shape index (κ3) is 7.36. The van der Waals surface area contributed by atoms with E-state index >= 15 is 0 Å². The number of benzene rings is 1. The van der Waals surface area contributed by atoms with E-state index in [1.807, 2.05) is 6.92 Å². The molecule has 228 valence electrons. The maximum atomic E-state index is 13.5. The highest BCUT2D eigenvalue weighted by atomic mass is 32.1. The van der Waals surface area contributed by atoms with Crippen LogP contribution in [0.15, 0.2) is 46.8 Å². The number of carbonyl (C=O) groups excluding carboxylic acids is 2. The Labute approximate surface area is 247 Å². The average Bonchev–Trinajstić information content (AvgIpc) is 3.50. The lowest BCUT2D eigenvalue weighted by Gasteiger charge is -2.15. The van der Waals surface area contributed by atoms with Gasteiger partial charge in [-0.15, -0.1) is 11.3 Å². The summed E-state index contributed by atoms with van der Waals surface area (Å²) in [7, 11) is 1.51. The number of nitrogens with zero attached hydrogens (tertiary/aromatic N) is 3. The molecule has 3 heterocycles. The zero-order valence-electron chi connectivity index (χ0n) is 23.2. The third-order valence-corrected chi connectivity index (χ3v) is 7.15. The Morgan fingerprint density at radius 3 is 2.60 bits per heavy atom. The Morgan fingerprint density at radius 2 is 1.93 bits per heavy atom. The van der Waals surface area contributed by atoms with Crippen LogP contribution < -0.4 is 21.4 Å². The van der Waals surface area contributed by atoms with E-state index in [9.17, 15) is 27.6 Å². The first-order chi connectivity index (χ1) is 20.6. The Morgan fingerprint density at radius 1 is 1.14 bits per heavy atom. The lowest BCUT2D eigenvalue weighted by Crippen LogP contribution is -2.31. The van der Waals surface area contributed by atoms with Gasteiger partial charge in [-0.1, -0.05) is 13.0 Å². The zero-order valence-corrected chi connectivity index (χ0v) is 24.1. The summed E-state index contributed by atoms with van der Waals surface area (Å²) in [6.45, 7) is 2.55. The molecule has 1 aromatic carbocycles. The number of carbonyl (C=O) groups is 2. The molecule has 0 aliphatic rings. The molecule has 0 aliphatic carbocycles. The molecule has 4 N–H and O–H groups in total. The Balaban J connectivity index is 1.88. The molecule has 0 unspecified atom stereocenters. The van der Waals surface area contributed by atoms with Crippen LogP contribution in [-0.2, 0) is 17.5 Å². The first-order valence-electron chi connectivity index (χ1n) is 13.2. The van der Waals surface area contributed by atoms with Gasteiger partial charge in [-0.05, 0) is 30.2 Å². The monoisotopic (exact) mass is 618 g/mol. The number of aliphatic hydroxyl groups is 1. The van der Waals surface area contributed by atoms with Gasteiger partial charge in [0.2, 0.25) is 5.43 Å². The number of amides is 3. The number of ether oxygens (including phenoxy) is 1. The topological polar surface area (TPSA) is 147 Å². The summed E-state index contributed by atoms with van der Waals surface area (Å²) in [5.41, 5.74) is -0.277. The highest BCUT2D eigenvalue weighted by Gasteiger charge is 2.34. The van der Waals surface area contributed by atoms with Gasteiger partial charge in [0, 0.05) is 61.0 Å². The minimum atomic E-state index is -4.66. The van der Waals surface area contributed by atoms with Gasteiger partial charge in [0.25, 0.3) is 5.91 Å². The Bertz CT molecular complexity index is 1690. The van der Waals surface area contributed by atoms with Gasteiger partial charge >= 0.3 is 12.2 Å². The second-order valence-corrected chi connectivity index (χ2v) is 10.2. The van der Waals surface area contributed by atoms with Gasteiger partial charge in [0.1, 0.15) is 16.4 Å². The van der Waals surface area contributed by atoms with Gasteiger partial charge in [-0.2, -0.15) is 13.2 Å². The molecule has 0 saturated heterocycles. The number of pyridine rings is 2. The van der Waals surface area contributed by atoms with Crippen molar-refractivity contribution in [2.45, 2.75) is 26.1 Å². The van der Waals surface area contributed by atoms with E-state index in [0.717, 1.165) is 16.7 Å². The van der Waals surface area contributed by atoms with Crippen molar-refractivity contribution in [3.05, 3.63) is 63.5 Å².